The molecule has 1 rings (SSSR count). The van der Waals surface area contributed by atoms with Crippen LogP contribution in [0, 0.1) is 0 Å². The molecular formula is C13H19ClO2. The van der Waals surface area contributed by atoms with Crippen LogP contribution >= 0.6 is 11.6 Å². The van der Waals surface area contributed by atoms with Crippen LogP contribution in [0.1, 0.15) is 27.2 Å². The number of halogens is 1. The molecule has 1 aromatic rings. The fraction of sp³-hybridized carbons (Fsp3) is 0.538. The zero-order chi connectivity index (χ0) is 12.2. The second-order valence-corrected chi connectivity index (χ2v) is 4.73. The fourth-order valence-electron chi connectivity index (χ4n) is 1.84. The molecule has 0 aliphatic heterocycles. The van der Waals surface area contributed by atoms with Crippen molar-refractivity contribution in [2.75, 3.05) is 7.11 Å². The summed E-state index contributed by atoms with van der Waals surface area (Å²) in [6, 6.07) is 7.41. The monoisotopic (exact) mass is 242 g/mol. The number of hydrogen-bond donors (Lipinski definition) is 0. The van der Waals surface area contributed by atoms with E-state index < -0.39 is 0 Å². The first-order valence-corrected chi connectivity index (χ1v) is 5.84. The van der Waals surface area contributed by atoms with Crippen LogP contribution in [0.4, 0.5) is 0 Å². The summed E-state index contributed by atoms with van der Waals surface area (Å²) < 4.78 is 11.3. The normalized spacial score (nSPS) is 13.6. The van der Waals surface area contributed by atoms with Crippen molar-refractivity contribution in [3.05, 3.63) is 29.3 Å². The van der Waals surface area contributed by atoms with Crippen LogP contribution in [0.3, 0.4) is 0 Å². The van der Waals surface area contributed by atoms with E-state index in [2.05, 4.69) is 6.92 Å². The van der Waals surface area contributed by atoms with Crippen molar-refractivity contribution in [1.82, 2.24) is 0 Å². The summed E-state index contributed by atoms with van der Waals surface area (Å²) in [7, 11) is 1.71. The van der Waals surface area contributed by atoms with Gasteiger partial charge in [0.2, 0.25) is 0 Å². The molecule has 0 amide bonds. The lowest BCUT2D eigenvalue weighted by Crippen LogP contribution is -2.42. The second-order valence-electron chi connectivity index (χ2n) is 4.30. The van der Waals surface area contributed by atoms with Crippen LogP contribution in [0.15, 0.2) is 24.3 Å². The predicted octanol–water partition coefficient (Wildman–Crippen LogP) is 3.92. The number of methoxy groups -OCH3 is 1. The molecule has 1 unspecified atom stereocenters. The summed E-state index contributed by atoms with van der Waals surface area (Å²) >= 11 is 5.91. The van der Waals surface area contributed by atoms with Crippen LogP contribution in [0.2, 0.25) is 5.02 Å². The Balaban J connectivity index is 2.79. The first-order chi connectivity index (χ1) is 7.49. The second kappa shape index (κ2) is 5.55. The molecule has 0 heterocycles. The van der Waals surface area contributed by atoms with E-state index in [1.54, 1.807) is 7.11 Å². The van der Waals surface area contributed by atoms with Crippen molar-refractivity contribution < 1.29 is 9.47 Å². The average molecular weight is 243 g/mol. The molecule has 0 bridgehead atoms. The first kappa shape index (κ1) is 13.3. The third-order valence-electron chi connectivity index (χ3n) is 2.61. The molecule has 0 aliphatic rings. The Kier molecular flexibility index (Phi) is 4.63. The standard InChI is InChI=1S/C13H19ClO2/c1-5-12(15-4)13(2,3)16-11-8-6-7-10(14)9-11/h6-9,12H,5H2,1-4H3. The molecule has 0 saturated heterocycles. The van der Waals surface area contributed by atoms with Crippen molar-refractivity contribution in [3.8, 4) is 5.75 Å². The maximum atomic E-state index is 5.92. The summed E-state index contributed by atoms with van der Waals surface area (Å²) in [5, 5.41) is 0.679. The summed E-state index contributed by atoms with van der Waals surface area (Å²) in [5.74, 6) is 0.771. The lowest BCUT2D eigenvalue weighted by molar-refractivity contribution is -0.0542. The van der Waals surface area contributed by atoms with Gasteiger partial charge in [-0.3, -0.25) is 0 Å². The molecule has 2 nitrogen and oxygen atoms in total. The van der Waals surface area contributed by atoms with Crippen molar-refractivity contribution >= 4 is 11.6 Å². The van der Waals surface area contributed by atoms with Gasteiger partial charge in [-0.05, 0) is 38.5 Å². The summed E-state index contributed by atoms with van der Waals surface area (Å²) in [4.78, 5) is 0. The van der Waals surface area contributed by atoms with Gasteiger partial charge in [-0.2, -0.15) is 0 Å². The Labute approximate surface area is 103 Å². The largest absolute Gasteiger partial charge is 0.485 e. The van der Waals surface area contributed by atoms with E-state index >= 15 is 0 Å². The number of hydrogen-bond acceptors (Lipinski definition) is 2. The Morgan fingerprint density at radius 2 is 2.06 bits per heavy atom. The van der Waals surface area contributed by atoms with E-state index in [9.17, 15) is 0 Å². The molecule has 0 radical (unpaired) electrons. The highest BCUT2D eigenvalue weighted by Crippen LogP contribution is 2.26. The highest BCUT2D eigenvalue weighted by Gasteiger charge is 2.30. The lowest BCUT2D eigenvalue weighted by atomic mass is 9.99. The van der Waals surface area contributed by atoms with Gasteiger partial charge in [0.15, 0.2) is 0 Å². The predicted molar refractivity (Wildman–Crippen MR) is 67.2 cm³/mol. The van der Waals surface area contributed by atoms with Crippen LogP contribution < -0.4 is 4.74 Å². The number of ether oxygens (including phenoxy) is 2. The zero-order valence-corrected chi connectivity index (χ0v) is 11.0. The molecule has 0 saturated carbocycles. The molecule has 0 N–H and O–H groups in total. The SMILES string of the molecule is CCC(OC)C(C)(C)Oc1cccc(Cl)c1. The Morgan fingerprint density at radius 1 is 1.38 bits per heavy atom. The molecule has 1 aromatic carbocycles. The summed E-state index contributed by atoms with van der Waals surface area (Å²) in [6.45, 7) is 6.12. The molecule has 0 spiro atoms. The maximum absolute atomic E-state index is 5.92. The van der Waals surface area contributed by atoms with Gasteiger partial charge >= 0.3 is 0 Å². The van der Waals surface area contributed by atoms with E-state index in [0.717, 1.165) is 12.2 Å². The van der Waals surface area contributed by atoms with Gasteiger partial charge in [0, 0.05) is 12.1 Å². The number of benzene rings is 1. The highest BCUT2D eigenvalue weighted by atomic mass is 35.5. The molecule has 16 heavy (non-hydrogen) atoms. The van der Waals surface area contributed by atoms with Crippen molar-refractivity contribution in [1.29, 1.82) is 0 Å². The van der Waals surface area contributed by atoms with Gasteiger partial charge in [0.25, 0.3) is 0 Å². The minimum Gasteiger partial charge on any atom is -0.485 e. The quantitative estimate of drug-likeness (QED) is 0.779. The third-order valence-corrected chi connectivity index (χ3v) is 2.84. The van der Waals surface area contributed by atoms with Crippen molar-refractivity contribution in [2.45, 2.75) is 38.9 Å². The van der Waals surface area contributed by atoms with E-state index in [0.29, 0.717) is 5.02 Å². The molecule has 0 aliphatic carbocycles. The molecule has 1 atom stereocenters. The van der Waals surface area contributed by atoms with Gasteiger partial charge in [-0.15, -0.1) is 0 Å². The lowest BCUT2D eigenvalue weighted by Gasteiger charge is -2.33. The summed E-state index contributed by atoms with van der Waals surface area (Å²) in [5.41, 5.74) is -0.367. The van der Waals surface area contributed by atoms with Crippen LogP contribution in [0.5, 0.6) is 5.75 Å². The Bertz CT molecular complexity index is 332. The van der Waals surface area contributed by atoms with Crippen LogP contribution in [-0.4, -0.2) is 18.8 Å². The first-order valence-electron chi connectivity index (χ1n) is 5.47. The van der Waals surface area contributed by atoms with Gasteiger partial charge in [-0.25, -0.2) is 0 Å². The topological polar surface area (TPSA) is 18.5 Å². The Hall–Kier alpha value is -0.730. The maximum Gasteiger partial charge on any atom is 0.129 e. The van der Waals surface area contributed by atoms with Gasteiger partial charge in [-0.1, -0.05) is 24.6 Å². The van der Waals surface area contributed by atoms with Gasteiger partial charge < -0.3 is 9.47 Å². The highest BCUT2D eigenvalue weighted by molar-refractivity contribution is 6.30. The van der Waals surface area contributed by atoms with Crippen LogP contribution in [0.25, 0.3) is 0 Å². The third kappa shape index (κ3) is 3.39. The molecule has 90 valence electrons. The minimum absolute atomic E-state index is 0.0616. The van der Waals surface area contributed by atoms with Crippen molar-refractivity contribution in [3.63, 3.8) is 0 Å². The molecular weight excluding hydrogens is 224 g/mol. The smallest absolute Gasteiger partial charge is 0.129 e. The fourth-order valence-corrected chi connectivity index (χ4v) is 2.02. The van der Waals surface area contributed by atoms with E-state index in [-0.39, 0.29) is 11.7 Å². The van der Waals surface area contributed by atoms with Gasteiger partial charge in [0.1, 0.15) is 11.4 Å². The Morgan fingerprint density at radius 3 is 2.56 bits per heavy atom. The van der Waals surface area contributed by atoms with Crippen molar-refractivity contribution in [2.24, 2.45) is 0 Å². The zero-order valence-electron chi connectivity index (χ0n) is 10.3. The van der Waals surface area contributed by atoms with E-state index in [1.807, 2.05) is 38.1 Å². The van der Waals surface area contributed by atoms with E-state index in [1.165, 1.54) is 0 Å². The van der Waals surface area contributed by atoms with Crippen LogP contribution in [-0.2, 0) is 4.74 Å². The molecule has 0 fully saturated rings. The molecule has 3 heteroatoms. The number of rotatable bonds is 5. The summed E-state index contributed by atoms with van der Waals surface area (Å²) in [6.07, 6.45) is 0.968. The van der Waals surface area contributed by atoms with Gasteiger partial charge in [0.05, 0.1) is 6.10 Å². The van der Waals surface area contributed by atoms with E-state index in [4.69, 9.17) is 21.1 Å². The minimum atomic E-state index is -0.367. The average Bonchev–Trinajstić information content (AvgIpc) is 2.18. The molecule has 0 aromatic heterocycles.